The van der Waals surface area contributed by atoms with Crippen molar-refractivity contribution in [1.29, 1.82) is 0 Å². The fourth-order valence-electron chi connectivity index (χ4n) is 3.03. The number of amides is 1. The first-order chi connectivity index (χ1) is 9.39. The number of anilines is 1. The SMILES string of the molecule is CNC(CN(C)c1cc(C)cc(C)c1)(C(N)=O)C1CC1. The van der Waals surface area contributed by atoms with Gasteiger partial charge in [0.15, 0.2) is 0 Å². The number of benzene rings is 1. The highest BCUT2D eigenvalue weighted by molar-refractivity contribution is 5.86. The number of carbonyl (C=O) groups excluding carboxylic acids is 1. The first-order valence-electron chi connectivity index (χ1n) is 7.17. The summed E-state index contributed by atoms with van der Waals surface area (Å²) in [6, 6.07) is 6.43. The molecule has 4 nitrogen and oxygen atoms in total. The fourth-order valence-corrected chi connectivity index (χ4v) is 3.03. The van der Waals surface area contributed by atoms with Crippen molar-refractivity contribution in [3.63, 3.8) is 0 Å². The van der Waals surface area contributed by atoms with Crippen molar-refractivity contribution in [2.45, 2.75) is 32.2 Å². The van der Waals surface area contributed by atoms with Crippen LogP contribution < -0.4 is 16.0 Å². The van der Waals surface area contributed by atoms with E-state index >= 15 is 0 Å². The Kier molecular flexibility index (Phi) is 4.04. The third-order valence-electron chi connectivity index (χ3n) is 4.29. The predicted octanol–water partition coefficient (Wildman–Crippen LogP) is 1.59. The summed E-state index contributed by atoms with van der Waals surface area (Å²) in [6.07, 6.45) is 2.15. The summed E-state index contributed by atoms with van der Waals surface area (Å²) < 4.78 is 0. The number of likely N-dealkylation sites (N-methyl/N-ethyl adjacent to an activating group) is 2. The van der Waals surface area contributed by atoms with E-state index in [9.17, 15) is 4.79 Å². The summed E-state index contributed by atoms with van der Waals surface area (Å²) in [4.78, 5) is 14.1. The van der Waals surface area contributed by atoms with E-state index in [1.807, 2.05) is 14.1 Å². The van der Waals surface area contributed by atoms with E-state index < -0.39 is 5.54 Å². The van der Waals surface area contributed by atoms with Crippen LogP contribution in [-0.4, -0.2) is 32.1 Å². The smallest absolute Gasteiger partial charge is 0.239 e. The van der Waals surface area contributed by atoms with Gasteiger partial charge >= 0.3 is 0 Å². The molecule has 1 aromatic rings. The lowest BCUT2D eigenvalue weighted by Crippen LogP contribution is -2.61. The molecule has 1 atom stereocenters. The summed E-state index contributed by atoms with van der Waals surface area (Å²) in [5.74, 6) is 0.108. The number of nitrogens with zero attached hydrogens (tertiary/aromatic N) is 1. The number of aryl methyl sites for hydroxylation is 2. The quantitative estimate of drug-likeness (QED) is 0.829. The van der Waals surface area contributed by atoms with Crippen molar-refractivity contribution in [2.75, 3.05) is 25.5 Å². The number of hydrogen-bond donors (Lipinski definition) is 2. The second kappa shape index (κ2) is 5.44. The molecule has 0 bridgehead atoms. The van der Waals surface area contributed by atoms with Crippen LogP contribution in [0, 0.1) is 19.8 Å². The Labute approximate surface area is 121 Å². The van der Waals surface area contributed by atoms with Crippen molar-refractivity contribution in [3.05, 3.63) is 29.3 Å². The summed E-state index contributed by atoms with van der Waals surface area (Å²) >= 11 is 0. The average molecular weight is 275 g/mol. The Bertz CT molecular complexity index is 490. The molecule has 0 aliphatic heterocycles. The Morgan fingerprint density at radius 3 is 2.30 bits per heavy atom. The summed E-state index contributed by atoms with van der Waals surface area (Å²) in [6.45, 7) is 4.78. The van der Waals surface area contributed by atoms with E-state index in [0.717, 1.165) is 18.5 Å². The zero-order chi connectivity index (χ0) is 14.9. The topological polar surface area (TPSA) is 58.4 Å². The van der Waals surface area contributed by atoms with Crippen molar-refractivity contribution in [1.82, 2.24) is 5.32 Å². The van der Waals surface area contributed by atoms with Gasteiger partial charge in [-0.25, -0.2) is 0 Å². The second-order valence-electron chi connectivity index (χ2n) is 6.06. The van der Waals surface area contributed by atoms with Gasteiger partial charge in [-0.2, -0.15) is 0 Å². The highest BCUT2D eigenvalue weighted by Gasteiger charge is 2.49. The lowest BCUT2D eigenvalue weighted by atomic mass is 9.91. The Morgan fingerprint density at radius 1 is 1.35 bits per heavy atom. The molecule has 0 saturated heterocycles. The first-order valence-corrected chi connectivity index (χ1v) is 7.17. The van der Waals surface area contributed by atoms with Crippen molar-refractivity contribution < 1.29 is 4.79 Å². The zero-order valence-corrected chi connectivity index (χ0v) is 12.9. The van der Waals surface area contributed by atoms with Crippen LogP contribution in [0.15, 0.2) is 18.2 Å². The lowest BCUT2D eigenvalue weighted by Gasteiger charge is -2.35. The highest BCUT2D eigenvalue weighted by atomic mass is 16.1. The van der Waals surface area contributed by atoms with Crippen LogP contribution in [0.25, 0.3) is 0 Å². The number of nitrogens with two attached hydrogens (primary N) is 1. The van der Waals surface area contributed by atoms with Gasteiger partial charge in [-0.1, -0.05) is 6.07 Å². The molecule has 0 heterocycles. The molecule has 1 aliphatic rings. The second-order valence-corrected chi connectivity index (χ2v) is 6.06. The molecule has 1 aliphatic carbocycles. The van der Waals surface area contributed by atoms with Gasteiger partial charge in [-0.3, -0.25) is 4.79 Å². The van der Waals surface area contributed by atoms with E-state index in [1.54, 1.807) is 0 Å². The zero-order valence-electron chi connectivity index (χ0n) is 12.9. The van der Waals surface area contributed by atoms with Crippen molar-refractivity contribution >= 4 is 11.6 Å². The maximum Gasteiger partial charge on any atom is 0.239 e. The molecular formula is C16H25N3O. The normalized spacial score (nSPS) is 17.6. The first kappa shape index (κ1) is 14.9. The van der Waals surface area contributed by atoms with Crippen molar-refractivity contribution in [3.8, 4) is 0 Å². The molecule has 1 unspecified atom stereocenters. The van der Waals surface area contributed by atoms with E-state index in [1.165, 1.54) is 11.1 Å². The molecule has 1 amide bonds. The Morgan fingerprint density at radius 2 is 1.90 bits per heavy atom. The van der Waals surface area contributed by atoms with Gasteiger partial charge in [0.25, 0.3) is 0 Å². The van der Waals surface area contributed by atoms with Gasteiger partial charge in [0.05, 0.1) is 0 Å². The molecule has 0 aromatic heterocycles. The number of rotatable bonds is 6. The van der Waals surface area contributed by atoms with Crippen LogP contribution in [0.5, 0.6) is 0 Å². The number of nitrogens with one attached hydrogen (secondary N) is 1. The molecule has 0 radical (unpaired) electrons. The van der Waals surface area contributed by atoms with Crippen LogP contribution in [0.1, 0.15) is 24.0 Å². The molecule has 4 heteroatoms. The number of carbonyl (C=O) groups is 1. The lowest BCUT2D eigenvalue weighted by molar-refractivity contribution is -0.124. The van der Waals surface area contributed by atoms with E-state index in [2.05, 4.69) is 42.3 Å². The molecule has 0 spiro atoms. The van der Waals surface area contributed by atoms with Gasteiger partial charge in [-0.05, 0) is 62.9 Å². The summed E-state index contributed by atoms with van der Waals surface area (Å²) in [5, 5.41) is 3.19. The summed E-state index contributed by atoms with van der Waals surface area (Å²) in [5.41, 5.74) is 8.65. The van der Waals surface area contributed by atoms with Crippen LogP contribution >= 0.6 is 0 Å². The Hall–Kier alpha value is -1.55. The molecule has 1 aromatic carbocycles. The largest absolute Gasteiger partial charge is 0.372 e. The van der Waals surface area contributed by atoms with Crippen LogP contribution in [0.4, 0.5) is 5.69 Å². The maximum atomic E-state index is 12.0. The monoisotopic (exact) mass is 275 g/mol. The van der Waals surface area contributed by atoms with Crippen LogP contribution in [0.3, 0.4) is 0 Å². The molecular weight excluding hydrogens is 250 g/mol. The van der Waals surface area contributed by atoms with Crippen molar-refractivity contribution in [2.24, 2.45) is 11.7 Å². The molecule has 1 saturated carbocycles. The van der Waals surface area contributed by atoms with Gasteiger partial charge in [0.2, 0.25) is 5.91 Å². The minimum Gasteiger partial charge on any atom is -0.372 e. The highest BCUT2D eigenvalue weighted by Crippen LogP contribution is 2.40. The van der Waals surface area contributed by atoms with Gasteiger partial charge in [0, 0.05) is 19.3 Å². The van der Waals surface area contributed by atoms with E-state index in [-0.39, 0.29) is 5.91 Å². The summed E-state index contributed by atoms with van der Waals surface area (Å²) in [7, 11) is 3.85. The van der Waals surface area contributed by atoms with E-state index in [4.69, 9.17) is 5.73 Å². The number of hydrogen-bond acceptors (Lipinski definition) is 3. The van der Waals surface area contributed by atoms with Gasteiger partial charge in [0.1, 0.15) is 5.54 Å². The molecule has 2 rings (SSSR count). The van der Waals surface area contributed by atoms with Crippen LogP contribution in [-0.2, 0) is 4.79 Å². The predicted molar refractivity (Wildman–Crippen MR) is 82.9 cm³/mol. The molecule has 3 N–H and O–H groups in total. The molecule has 1 fully saturated rings. The van der Waals surface area contributed by atoms with Crippen LogP contribution in [0.2, 0.25) is 0 Å². The standard InChI is InChI=1S/C16H25N3O/c1-11-7-12(2)9-14(8-11)19(4)10-16(18-3,15(17)20)13-5-6-13/h7-9,13,18H,5-6,10H2,1-4H3,(H2,17,20). The molecule has 20 heavy (non-hydrogen) atoms. The average Bonchev–Trinajstić information content (AvgIpc) is 3.18. The van der Waals surface area contributed by atoms with Gasteiger partial charge < -0.3 is 16.0 Å². The Balaban J connectivity index is 2.24. The third kappa shape index (κ3) is 2.80. The fraction of sp³-hybridized carbons (Fsp3) is 0.562. The minimum atomic E-state index is -0.619. The minimum absolute atomic E-state index is 0.251. The van der Waals surface area contributed by atoms with E-state index in [0.29, 0.717) is 12.5 Å². The molecule has 110 valence electrons. The van der Waals surface area contributed by atoms with Gasteiger partial charge in [-0.15, -0.1) is 0 Å². The maximum absolute atomic E-state index is 12.0. The third-order valence-corrected chi connectivity index (χ3v) is 4.29. The number of primary amides is 1.